The molecule has 3 rings (SSSR count). The van der Waals surface area contributed by atoms with Crippen LogP contribution in [0.15, 0.2) is 54.6 Å². The monoisotopic (exact) mass is 429 g/mol. The lowest BCUT2D eigenvalue weighted by Crippen LogP contribution is -2.45. The standard InChI is InChI=1S/C22H27N3O4S/c1-17(25(30(2,28)29)18-11-5-3-6-12-18)21(26)23-20-14-8-7-13-19(20)22(27)24-15-9-4-10-16-24/h3,5-8,11-14,17H,4,9-10,15-16H2,1-2H3,(H,23,26)/t17-/m0/s1. The van der Waals surface area contributed by atoms with Gasteiger partial charge >= 0.3 is 0 Å². The predicted octanol–water partition coefficient (Wildman–Crippen LogP) is 3.11. The van der Waals surface area contributed by atoms with Crippen LogP contribution in [-0.2, 0) is 14.8 Å². The number of piperidine rings is 1. The van der Waals surface area contributed by atoms with Crippen LogP contribution in [0.25, 0.3) is 0 Å². The van der Waals surface area contributed by atoms with Gasteiger partial charge in [-0.05, 0) is 50.5 Å². The molecule has 0 unspecified atom stereocenters. The van der Waals surface area contributed by atoms with E-state index in [0.717, 1.165) is 29.8 Å². The number of hydrogen-bond donors (Lipinski definition) is 1. The zero-order valence-corrected chi connectivity index (χ0v) is 18.1. The van der Waals surface area contributed by atoms with Gasteiger partial charge in [0.15, 0.2) is 0 Å². The molecule has 0 spiro atoms. The molecule has 1 atom stereocenters. The average Bonchev–Trinajstić information content (AvgIpc) is 2.74. The summed E-state index contributed by atoms with van der Waals surface area (Å²) in [5.41, 5.74) is 1.19. The molecule has 30 heavy (non-hydrogen) atoms. The van der Waals surface area contributed by atoms with E-state index in [4.69, 9.17) is 0 Å². The minimum atomic E-state index is -3.70. The summed E-state index contributed by atoms with van der Waals surface area (Å²) < 4.78 is 25.9. The van der Waals surface area contributed by atoms with Crippen molar-refractivity contribution < 1.29 is 18.0 Å². The van der Waals surface area contributed by atoms with Crippen molar-refractivity contribution in [3.05, 3.63) is 60.2 Å². The van der Waals surface area contributed by atoms with Gasteiger partial charge in [-0.3, -0.25) is 13.9 Å². The number of para-hydroxylation sites is 2. The van der Waals surface area contributed by atoms with Crippen LogP contribution < -0.4 is 9.62 Å². The van der Waals surface area contributed by atoms with Gasteiger partial charge in [-0.1, -0.05) is 30.3 Å². The Hall–Kier alpha value is -2.87. The second-order valence-electron chi connectivity index (χ2n) is 7.46. The molecule has 1 saturated heterocycles. The fourth-order valence-electron chi connectivity index (χ4n) is 3.67. The molecule has 0 saturated carbocycles. The van der Waals surface area contributed by atoms with Gasteiger partial charge in [0.05, 0.1) is 23.2 Å². The molecule has 0 aromatic heterocycles. The largest absolute Gasteiger partial charge is 0.339 e. The first-order valence-corrected chi connectivity index (χ1v) is 11.9. The first kappa shape index (κ1) is 21.8. The van der Waals surface area contributed by atoms with Crippen LogP contribution in [0.3, 0.4) is 0 Å². The van der Waals surface area contributed by atoms with Gasteiger partial charge in [-0.25, -0.2) is 8.42 Å². The molecule has 1 fully saturated rings. The quantitative estimate of drug-likeness (QED) is 0.764. The van der Waals surface area contributed by atoms with E-state index >= 15 is 0 Å². The van der Waals surface area contributed by atoms with Gasteiger partial charge in [-0.15, -0.1) is 0 Å². The summed E-state index contributed by atoms with van der Waals surface area (Å²) in [6.07, 6.45) is 4.12. The molecule has 1 heterocycles. The molecule has 2 aromatic carbocycles. The SMILES string of the molecule is C[C@@H](C(=O)Nc1ccccc1C(=O)N1CCCCC1)N(c1ccccc1)S(C)(=O)=O. The summed E-state index contributed by atoms with van der Waals surface area (Å²) in [5, 5.41) is 2.76. The zero-order chi connectivity index (χ0) is 21.7. The van der Waals surface area contributed by atoms with Crippen LogP contribution >= 0.6 is 0 Å². The highest BCUT2D eigenvalue weighted by atomic mass is 32.2. The second kappa shape index (κ2) is 9.30. The van der Waals surface area contributed by atoms with E-state index in [1.54, 1.807) is 59.5 Å². The highest BCUT2D eigenvalue weighted by Gasteiger charge is 2.30. The summed E-state index contributed by atoms with van der Waals surface area (Å²) in [6.45, 7) is 2.93. The fraction of sp³-hybridized carbons (Fsp3) is 0.364. The molecule has 1 aliphatic rings. The van der Waals surface area contributed by atoms with E-state index in [-0.39, 0.29) is 5.91 Å². The lowest BCUT2D eigenvalue weighted by molar-refractivity contribution is -0.116. The van der Waals surface area contributed by atoms with E-state index in [9.17, 15) is 18.0 Å². The van der Waals surface area contributed by atoms with Crippen molar-refractivity contribution >= 4 is 33.2 Å². The third-order valence-electron chi connectivity index (χ3n) is 5.16. The van der Waals surface area contributed by atoms with Gasteiger partial charge in [0, 0.05) is 13.1 Å². The number of benzene rings is 2. The van der Waals surface area contributed by atoms with Gasteiger partial charge in [0.25, 0.3) is 5.91 Å². The topological polar surface area (TPSA) is 86.8 Å². The number of nitrogens with one attached hydrogen (secondary N) is 1. The van der Waals surface area contributed by atoms with Crippen molar-refractivity contribution in [2.75, 3.05) is 29.0 Å². The van der Waals surface area contributed by atoms with Crippen molar-refractivity contribution in [3.8, 4) is 0 Å². The van der Waals surface area contributed by atoms with E-state index in [1.807, 2.05) is 0 Å². The summed E-state index contributed by atoms with van der Waals surface area (Å²) in [7, 11) is -3.70. The van der Waals surface area contributed by atoms with E-state index in [2.05, 4.69) is 5.32 Å². The third-order valence-corrected chi connectivity index (χ3v) is 6.40. The smallest absolute Gasteiger partial charge is 0.255 e. The first-order chi connectivity index (χ1) is 14.3. The van der Waals surface area contributed by atoms with E-state index in [1.165, 1.54) is 6.92 Å². The molecule has 7 nitrogen and oxygen atoms in total. The predicted molar refractivity (Wildman–Crippen MR) is 118 cm³/mol. The molecule has 0 radical (unpaired) electrons. The lowest BCUT2D eigenvalue weighted by Gasteiger charge is -2.29. The molecule has 1 N–H and O–H groups in total. The molecule has 8 heteroatoms. The number of nitrogens with zero attached hydrogens (tertiary/aromatic N) is 2. The Kier molecular flexibility index (Phi) is 6.77. The number of anilines is 2. The normalized spacial score (nSPS) is 15.3. The van der Waals surface area contributed by atoms with Gasteiger partial charge in [-0.2, -0.15) is 0 Å². The summed E-state index contributed by atoms with van der Waals surface area (Å²) >= 11 is 0. The number of carbonyl (C=O) groups is 2. The molecule has 0 aliphatic carbocycles. The van der Waals surface area contributed by atoms with Crippen LogP contribution in [0, 0.1) is 0 Å². The fourth-order valence-corrected chi connectivity index (χ4v) is 4.84. The van der Waals surface area contributed by atoms with Gasteiger partial charge in [0.1, 0.15) is 6.04 Å². The number of carbonyl (C=O) groups excluding carboxylic acids is 2. The average molecular weight is 430 g/mol. The van der Waals surface area contributed by atoms with Crippen LogP contribution in [0.4, 0.5) is 11.4 Å². The second-order valence-corrected chi connectivity index (χ2v) is 9.32. The Morgan fingerprint density at radius 2 is 1.57 bits per heavy atom. The third kappa shape index (κ3) is 4.99. The molecule has 2 aromatic rings. The maximum absolute atomic E-state index is 13.0. The highest BCUT2D eigenvalue weighted by Crippen LogP contribution is 2.23. The Labute approximate surface area is 177 Å². The lowest BCUT2D eigenvalue weighted by atomic mass is 10.1. The maximum atomic E-state index is 13.0. The maximum Gasteiger partial charge on any atom is 0.255 e. The van der Waals surface area contributed by atoms with Crippen molar-refractivity contribution in [1.29, 1.82) is 0 Å². The van der Waals surface area contributed by atoms with Crippen molar-refractivity contribution in [1.82, 2.24) is 4.90 Å². The number of amides is 2. The number of likely N-dealkylation sites (tertiary alicyclic amines) is 1. The van der Waals surface area contributed by atoms with Crippen LogP contribution in [0.1, 0.15) is 36.5 Å². The summed E-state index contributed by atoms with van der Waals surface area (Å²) in [4.78, 5) is 27.7. The number of rotatable bonds is 6. The van der Waals surface area contributed by atoms with E-state index in [0.29, 0.717) is 30.0 Å². The molecular formula is C22H27N3O4S. The highest BCUT2D eigenvalue weighted by molar-refractivity contribution is 7.92. The Bertz CT molecular complexity index is 1000. The Morgan fingerprint density at radius 3 is 2.20 bits per heavy atom. The van der Waals surface area contributed by atoms with Gasteiger partial charge in [0.2, 0.25) is 15.9 Å². The Morgan fingerprint density at radius 1 is 0.967 bits per heavy atom. The minimum Gasteiger partial charge on any atom is -0.339 e. The van der Waals surface area contributed by atoms with Crippen molar-refractivity contribution in [2.24, 2.45) is 0 Å². The molecular weight excluding hydrogens is 402 g/mol. The van der Waals surface area contributed by atoms with Crippen LogP contribution in [-0.4, -0.2) is 50.5 Å². The summed E-state index contributed by atoms with van der Waals surface area (Å²) in [6, 6.07) is 14.3. The molecule has 0 bridgehead atoms. The first-order valence-electron chi connectivity index (χ1n) is 10.0. The number of hydrogen-bond acceptors (Lipinski definition) is 4. The Balaban J connectivity index is 1.84. The van der Waals surface area contributed by atoms with E-state index < -0.39 is 22.0 Å². The van der Waals surface area contributed by atoms with Crippen LogP contribution in [0.5, 0.6) is 0 Å². The molecule has 2 amide bonds. The molecule has 1 aliphatic heterocycles. The minimum absolute atomic E-state index is 0.124. The number of sulfonamides is 1. The van der Waals surface area contributed by atoms with Gasteiger partial charge < -0.3 is 10.2 Å². The van der Waals surface area contributed by atoms with Crippen molar-refractivity contribution in [2.45, 2.75) is 32.2 Å². The zero-order valence-electron chi connectivity index (χ0n) is 17.2. The summed E-state index contributed by atoms with van der Waals surface area (Å²) in [5.74, 6) is -0.635. The van der Waals surface area contributed by atoms with Crippen LogP contribution in [0.2, 0.25) is 0 Å². The molecule has 160 valence electrons. The van der Waals surface area contributed by atoms with Crippen molar-refractivity contribution in [3.63, 3.8) is 0 Å².